The molecule has 3 heteroatoms. The van der Waals surface area contributed by atoms with Crippen LogP contribution >= 0.6 is 15.9 Å². The minimum absolute atomic E-state index is 0.368. The summed E-state index contributed by atoms with van der Waals surface area (Å²) in [6, 6.07) is 5.58. The normalized spacial score (nSPS) is 10.6. The number of rotatable bonds is 1. The van der Waals surface area contributed by atoms with E-state index in [1.807, 2.05) is 19.1 Å². The van der Waals surface area contributed by atoms with Crippen LogP contribution in [0.5, 0.6) is 0 Å². The first-order valence-electron chi connectivity index (χ1n) is 3.85. The molecular weight excluding hydrogens is 232 g/mol. The van der Waals surface area contributed by atoms with Crippen LogP contribution in [0.2, 0.25) is 0 Å². The molecule has 2 nitrogen and oxygen atoms in total. The lowest BCUT2D eigenvalue weighted by Gasteiger charge is -1.95. The minimum atomic E-state index is 0.368. The minimum Gasteiger partial charge on any atom is -0.453 e. The topological polar surface area (TPSA) is 30.2 Å². The fourth-order valence-electron chi connectivity index (χ4n) is 1.24. The third kappa shape index (κ3) is 1.40. The van der Waals surface area contributed by atoms with Gasteiger partial charge in [-0.3, -0.25) is 4.79 Å². The van der Waals surface area contributed by atoms with Gasteiger partial charge in [0, 0.05) is 9.86 Å². The van der Waals surface area contributed by atoms with Crippen molar-refractivity contribution in [1.82, 2.24) is 0 Å². The highest BCUT2D eigenvalue weighted by Crippen LogP contribution is 2.25. The number of hydrogen-bond donors (Lipinski definition) is 0. The highest BCUT2D eigenvalue weighted by Gasteiger charge is 2.04. The molecule has 0 bridgehead atoms. The molecule has 0 saturated heterocycles. The van der Waals surface area contributed by atoms with Gasteiger partial charge in [0.25, 0.3) is 0 Å². The molecule has 0 aliphatic rings. The SMILES string of the molecule is Cc1cc2oc(C=O)cc2cc1Br. The molecule has 0 aliphatic carbocycles. The van der Waals surface area contributed by atoms with E-state index in [0.29, 0.717) is 12.0 Å². The first kappa shape index (κ1) is 8.51. The molecule has 0 N–H and O–H groups in total. The molecule has 2 aromatic rings. The summed E-state index contributed by atoms with van der Waals surface area (Å²) < 4.78 is 6.29. The van der Waals surface area contributed by atoms with Gasteiger partial charge < -0.3 is 4.42 Å². The maximum Gasteiger partial charge on any atom is 0.185 e. The molecule has 0 fully saturated rings. The number of carbonyl (C=O) groups excluding carboxylic acids is 1. The molecule has 66 valence electrons. The monoisotopic (exact) mass is 238 g/mol. The molecule has 0 atom stereocenters. The molecule has 1 aromatic carbocycles. The Morgan fingerprint density at radius 1 is 1.38 bits per heavy atom. The van der Waals surface area contributed by atoms with Crippen molar-refractivity contribution in [2.75, 3.05) is 0 Å². The molecule has 0 aliphatic heterocycles. The molecule has 0 spiro atoms. The Balaban J connectivity index is 2.77. The van der Waals surface area contributed by atoms with Crippen molar-refractivity contribution in [3.05, 3.63) is 34.0 Å². The molecule has 0 amide bonds. The van der Waals surface area contributed by atoms with E-state index in [1.54, 1.807) is 6.07 Å². The Hall–Kier alpha value is -1.09. The summed E-state index contributed by atoms with van der Waals surface area (Å²) in [5.41, 5.74) is 1.85. The van der Waals surface area contributed by atoms with Gasteiger partial charge in [-0.25, -0.2) is 0 Å². The summed E-state index contributed by atoms with van der Waals surface area (Å²) in [6.45, 7) is 1.98. The molecule has 0 unspecified atom stereocenters. The van der Waals surface area contributed by atoms with Gasteiger partial charge in [0.2, 0.25) is 0 Å². The van der Waals surface area contributed by atoms with Crippen molar-refractivity contribution >= 4 is 33.2 Å². The van der Waals surface area contributed by atoms with E-state index in [1.165, 1.54) is 0 Å². The molecule has 13 heavy (non-hydrogen) atoms. The van der Waals surface area contributed by atoms with Crippen LogP contribution in [0.1, 0.15) is 16.1 Å². The number of carbonyl (C=O) groups is 1. The first-order chi connectivity index (χ1) is 6.20. The standard InChI is InChI=1S/C10H7BrO2/c1-6-2-10-7(4-9(6)11)3-8(5-12)13-10/h2-5H,1H3. The van der Waals surface area contributed by atoms with Gasteiger partial charge in [-0.05, 0) is 30.7 Å². The largest absolute Gasteiger partial charge is 0.453 e. The van der Waals surface area contributed by atoms with Gasteiger partial charge in [0.1, 0.15) is 5.58 Å². The van der Waals surface area contributed by atoms with Gasteiger partial charge in [-0.1, -0.05) is 15.9 Å². The van der Waals surface area contributed by atoms with Crippen molar-refractivity contribution in [1.29, 1.82) is 0 Å². The third-order valence-corrected chi connectivity index (χ3v) is 2.79. The second-order valence-electron chi connectivity index (χ2n) is 2.91. The Morgan fingerprint density at radius 3 is 2.85 bits per heavy atom. The first-order valence-corrected chi connectivity index (χ1v) is 4.65. The predicted octanol–water partition coefficient (Wildman–Crippen LogP) is 3.32. The van der Waals surface area contributed by atoms with Crippen LogP contribution in [0, 0.1) is 6.92 Å². The van der Waals surface area contributed by atoms with Crippen molar-refractivity contribution in [3.8, 4) is 0 Å². The van der Waals surface area contributed by atoms with Crippen LogP contribution in [0.15, 0.2) is 27.1 Å². The zero-order valence-corrected chi connectivity index (χ0v) is 8.59. The van der Waals surface area contributed by atoms with Gasteiger partial charge in [-0.15, -0.1) is 0 Å². The van der Waals surface area contributed by atoms with E-state index in [-0.39, 0.29) is 0 Å². The van der Waals surface area contributed by atoms with Gasteiger partial charge >= 0.3 is 0 Å². The summed E-state index contributed by atoms with van der Waals surface area (Å²) >= 11 is 3.42. The smallest absolute Gasteiger partial charge is 0.185 e. The number of aldehydes is 1. The van der Waals surface area contributed by atoms with E-state index in [0.717, 1.165) is 21.0 Å². The average molecular weight is 239 g/mol. The number of hydrogen-bond acceptors (Lipinski definition) is 2. The summed E-state index contributed by atoms with van der Waals surface area (Å²) in [5.74, 6) is 0.368. The summed E-state index contributed by atoms with van der Waals surface area (Å²) in [6.07, 6.45) is 0.712. The van der Waals surface area contributed by atoms with Gasteiger partial charge in [-0.2, -0.15) is 0 Å². The second kappa shape index (κ2) is 3.00. The van der Waals surface area contributed by atoms with Crippen LogP contribution < -0.4 is 0 Å². The molecule has 0 radical (unpaired) electrons. The Kier molecular flexibility index (Phi) is 1.96. The van der Waals surface area contributed by atoms with Gasteiger partial charge in [0.15, 0.2) is 12.0 Å². The van der Waals surface area contributed by atoms with Crippen molar-refractivity contribution in [2.45, 2.75) is 6.92 Å². The number of aryl methyl sites for hydroxylation is 1. The summed E-state index contributed by atoms with van der Waals surface area (Å²) in [5, 5.41) is 0.944. The number of furan rings is 1. The van der Waals surface area contributed by atoms with E-state index in [4.69, 9.17) is 4.42 Å². The lowest BCUT2D eigenvalue weighted by atomic mass is 10.2. The Bertz CT molecular complexity index is 432. The van der Waals surface area contributed by atoms with E-state index in [9.17, 15) is 4.79 Å². The van der Waals surface area contributed by atoms with Crippen LogP contribution in [-0.2, 0) is 0 Å². The van der Waals surface area contributed by atoms with Crippen LogP contribution in [0.25, 0.3) is 11.0 Å². The van der Waals surface area contributed by atoms with Crippen LogP contribution in [0.4, 0.5) is 0 Å². The van der Waals surface area contributed by atoms with E-state index in [2.05, 4.69) is 15.9 Å². The fraction of sp³-hybridized carbons (Fsp3) is 0.100. The lowest BCUT2D eigenvalue weighted by molar-refractivity contribution is 0.110. The molecular formula is C10H7BrO2. The molecule has 0 saturated carbocycles. The average Bonchev–Trinajstić information content (AvgIpc) is 2.48. The molecule has 1 heterocycles. The van der Waals surface area contributed by atoms with Crippen molar-refractivity contribution < 1.29 is 9.21 Å². The Labute approximate surface area is 83.7 Å². The highest BCUT2D eigenvalue weighted by atomic mass is 79.9. The lowest BCUT2D eigenvalue weighted by Crippen LogP contribution is -1.73. The maximum atomic E-state index is 10.4. The van der Waals surface area contributed by atoms with E-state index >= 15 is 0 Å². The van der Waals surface area contributed by atoms with E-state index < -0.39 is 0 Å². The highest BCUT2D eigenvalue weighted by molar-refractivity contribution is 9.10. The molecule has 2 rings (SSSR count). The molecule has 1 aromatic heterocycles. The maximum absolute atomic E-state index is 10.4. The Morgan fingerprint density at radius 2 is 2.15 bits per heavy atom. The number of fused-ring (bicyclic) bond motifs is 1. The number of halogens is 1. The third-order valence-electron chi connectivity index (χ3n) is 1.93. The van der Waals surface area contributed by atoms with Crippen molar-refractivity contribution in [2.24, 2.45) is 0 Å². The van der Waals surface area contributed by atoms with Crippen LogP contribution in [0.3, 0.4) is 0 Å². The van der Waals surface area contributed by atoms with Crippen LogP contribution in [-0.4, -0.2) is 6.29 Å². The summed E-state index contributed by atoms with van der Waals surface area (Å²) in [4.78, 5) is 10.4. The second-order valence-corrected chi connectivity index (χ2v) is 3.76. The van der Waals surface area contributed by atoms with Gasteiger partial charge in [0.05, 0.1) is 0 Å². The zero-order chi connectivity index (χ0) is 9.42. The van der Waals surface area contributed by atoms with Crippen molar-refractivity contribution in [3.63, 3.8) is 0 Å². The predicted molar refractivity (Wildman–Crippen MR) is 54.0 cm³/mol. The number of benzene rings is 1. The zero-order valence-electron chi connectivity index (χ0n) is 7.00. The summed E-state index contributed by atoms with van der Waals surface area (Å²) in [7, 11) is 0. The fourth-order valence-corrected chi connectivity index (χ4v) is 1.60. The quantitative estimate of drug-likeness (QED) is 0.714.